The molecule has 11 heteroatoms. The molecule has 1 unspecified atom stereocenters. The zero-order valence-corrected chi connectivity index (χ0v) is 20.3. The maximum atomic E-state index is 12.8. The fourth-order valence-corrected chi connectivity index (χ4v) is 3.68. The maximum Gasteiger partial charge on any atom is 0.387 e. The molecule has 1 aromatic heterocycles. The molecule has 1 atom stereocenters. The minimum Gasteiger partial charge on any atom is -0.453 e. The SMILES string of the molecule is Cc1nn(CC(O)c2ccccc2)c(N)c1C(=O)N/N=C\c1ccc(OC(F)F)c(Oc2ccccc2)c1. The lowest BCUT2D eigenvalue weighted by Gasteiger charge is -2.12. The number of hydrogen-bond acceptors (Lipinski definition) is 7. The number of alkyl halides is 2. The van der Waals surface area contributed by atoms with Crippen molar-refractivity contribution >= 4 is 17.9 Å². The third kappa shape index (κ3) is 6.51. The lowest BCUT2D eigenvalue weighted by atomic mass is 10.1. The number of carbonyl (C=O) groups is 1. The van der Waals surface area contributed by atoms with Crippen LogP contribution in [0.2, 0.25) is 0 Å². The van der Waals surface area contributed by atoms with E-state index in [0.717, 1.165) is 0 Å². The number of halogens is 2. The van der Waals surface area contributed by atoms with Gasteiger partial charge in [-0.05, 0) is 48.4 Å². The lowest BCUT2D eigenvalue weighted by Crippen LogP contribution is -2.20. The molecule has 38 heavy (non-hydrogen) atoms. The van der Waals surface area contributed by atoms with E-state index >= 15 is 0 Å². The Morgan fingerprint density at radius 2 is 1.79 bits per heavy atom. The van der Waals surface area contributed by atoms with Crippen LogP contribution in [-0.2, 0) is 6.54 Å². The van der Waals surface area contributed by atoms with Gasteiger partial charge in [0.1, 0.15) is 17.1 Å². The molecule has 1 amide bonds. The van der Waals surface area contributed by atoms with Crippen molar-refractivity contribution in [3.8, 4) is 17.2 Å². The van der Waals surface area contributed by atoms with E-state index in [4.69, 9.17) is 10.5 Å². The largest absolute Gasteiger partial charge is 0.453 e. The van der Waals surface area contributed by atoms with Crippen LogP contribution in [0, 0.1) is 6.92 Å². The van der Waals surface area contributed by atoms with Crippen LogP contribution in [0.15, 0.2) is 84.0 Å². The zero-order valence-electron chi connectivity index (χ0n) is 20.3. The van der Waals surface area contributed by atoms with E-state index in [9.17, 15) is 18.7 Å². The number of aromatic nitrogens is 2. The molecule has 0 aliphatic heterocycles. The fraction of sp³-hybridized carbons (Fsp3) is 0.148. The molecule has 0 radical (unpaired) electrons. The van der Waals surface area contributed by atoms with E-state index in [1.165, 1.54) is 29.1 Å². The quantitative estimate of drug-likeness (QED) is 0.206. The number of aryl methyl sites for hydroxylation is 1. The first kappa shape index (κ1) is 26.3. The van der Waals surface area contributed by atoms with E-state index in [1.54, 1.807) is 49.4 Å². The van der Waals surface area contributed by atoms with Crippen LogP contribution in [0.25, 0.3) is 0 Å². The molecule has 0 saturated carbocycles. The fourth-order valence-electron chi connectivity index (χ4n) is 3.68. The van der Waals surface area contributed by atoms with Gasteiger partial charge >= 0.3 is 6.61 Å². The molecular weight excluding hydrogens is 496 g/mol. The van der Waals surface area contributed by atoms with Gasteiger partial charge in [0.05, 0.1) is 24.6 Å². The number of nitrogen functional groups attached to an aromatic ring is 1. The first-order valence-corrected chi connectivity index (χ1v) is 11.5. The standard InChI is InChI=1S/C27H25F2N5O4/c1-17-24(25(30)34(33-17)16-21(35)19-8-4-2-5-9-19)26(36)32-31-15-18-12-13-22(38-27(28)29)23(14-18)37-20-10-6-3-7-11-20/h2-15,21,27,35H,16,30H2,1H3,(H,32,36)/b31-15-. The summed E-state index contributed by atoms with van der Waals surface area (Å²) >= 11 is 0. The molecule has 3 aromatic carbocycles. The second-order valence-corrected chi connectivity index (χ2v) is 8.15. The lowest BCUT2D eigenvalue weighted by molar-refractivity contribution is -0.0510. The predicted octanol–water partition coefficient (Wildman–Crippen LogP) is 4.66. The number of carbonyl (C=O) groups excluding carboxylic acids is 1. The summed E-state index contributed by atoms with van der Waals surface area (Å²) in [6.07, 6.45) is 0.452. The highest BCUT2D eigenvalue weighted by atomic mass is 19.3. The van der Waals surface area contributed by atoms with Gasteiger partial charge in [0, 0.05) is 0 Å². The highest BCUT2D eigenvalue weighted by molar-refractivity contribution is 6.00. The van der Waals surface area contributed by atoms with E-state index in [2.05, 4.69) is 20.4 Å². The monoisotopic (exact) mass is 521 g/mol. The summed E-state index contributed by atoms with van der Waals surface area (Å²) in [6, 6.07) is 21.9. The Hall–Kier alpha value is -4.77. The summed E-state index contributed by atoms with van der Waals surface area (Å²) < 4.78 is 37.3. The van der Waals surface area contributed by atoms with Gasteiger partial charge in [-0.15, -0.1) is 0 Å². The smallest absolute Gasteiger partial charge is 0.387 e. The molecule has 0 aliphatic rings. The summed E-state index contributed by atoms with van der Waals surface area (Å²) in [5.41, 5.74) is 10.2. The highest BCUT2D eigenvalue weighted by Gasteiger charge is 2.21. The topological polar surface area (TPSA) is 124 Å². The highest BCUT2D eigenvalue weighted by Crippen LogP contribution is 2.33. The Balaban J connectivity index is 1.46. The van der Waals surface area contributed by atoms with Crippen LogP contribution in [0.5, 0.6) is 17.2 Å². The predicted molar refractivity (Wildman–Crippen MR) is 137 cm³/mol. The van der Waals surface area contributed by atoms with Gasteiger partial charge in [0.2, 0.25) is 0 Å². The maximum absolute atomic E-state index is 12.8. The molecule has 0 bridgehead atoms. The molecule has 0 spiro atoms. The Kier molecular flexibility index (Phi) is 8.29. The van der Waals surface area contributed by atoms with Gasteiger partial charge in [-0.2, -0.15) is 19.0 Å². The molecule has 196 valence electrons. The van der Waals surface area contributed by atoms with Crippen molar-refractivity contribution in [2.45, 2.75) is 26.2 Å². The van der Waals surface area contributed by atoms with E-state index in [-0.39, 0.29) is 29.4 Å². The zero-order chi connectivity index (χ0) is 27.1. The average molecular weight is 522 g/mol. The van der Waals surface area contributed by atoms with Crippen LogP contribution in [0.4, 0.5) is 14.6 Å². The second-order valence-electron chi connectivity index (χ2n) is 8.15. The summed E-state index contributed by atoms with van der Waals surface area (Å²) in [5.74, 6) is -0.203. The number of amides is 1. The first-order valence-electron chi connectivity index (χ1n) is 11.5. The van der Waals surface area contributed by atoms with Crippen LogP contribution in [0.1, 0.15) is 33.3 Å². The minimum absolute atomic E-state index is 0.0464. The number of hydrogen-bond donors (Lipinski definition) is 3. The number of nitrogens with one attached hydrogen (secondary N) is 1. The van der Waals surface area contributed by atoms with Crippen molar-refractivity contribution in [2.75, 3.05) is 5.73 Å². The molecule has 4 rings (SSSR count). The number of hydrazone groups is 1. The molecule has 1 heterocycles. The van der Waals surface area contributed by atoms with Crippen molar-refractivity contribution in [2.24, 2.45) is 5.10 Å². The normalized spacial score (nSPS) is 12.0. The van der Waals surface area contributed by atoms with Crippen LogP contribution >= 0.6 is 0 Å². The molecule has 0 aliphatic carbocycles. The van der Waals surface area contributed by atoms with Crippen molar-refractivity contribution < 1.29 is 28.2 Å². The number of aliphatic hydroxyl groups excluding tert-OH is 1. The Labute approximate surface area is 217 Å². The Bertz CT molecular complexity index is 1410. The number of ether oxygens (including phenoxy) is 2. The first-order chi connectivity index (χ1) is 18.3. The second kappa shape index (κ2) is 12.0. The molecule has 0 fully saturated rings. The number of nitrogens with zero attached hydrogens (tertiary/aromatic N) is 3. The molecule has 4 aromatic rings. The van der Waals surface area contributed by atoms with E-state index in [1.807, 2.05) is 18.2 Å². The molecule has 9 nitrogen and oxygen atoms in total. The molecular formula is C27H25F2N5O4. The average Bonchev–Trinajstić information content (AvgIpc) is 3.18. The van der Waals surface area contributed by atoms with Gasteiger partial charge in [0.25, 0.3) is 5.91 Å². The van der Waals surface area contributed by atoms with Gasteiger partial charge < -0.3 is 20.3 Å². The number of aliphatic hydroxyl groups is 1. The van der Waals surface area contributed by atoms with Crippen molar-refractivity contribution in [1.82, 2.24) is 15.2 Å². The van der Waals surface area contributed by atoms with Crippen molar-refractivity contribution in [3.05, 3.63) is 101 Å². The Morgan fingerprint density at radius 1 is 1.11 bits per heavy atom. The van der Waals surface area contributed by atoms with Gasteiger partial charge in [-0.25, -0.2) is 10.1 Å². The molecule has 0 saturated heterocycles. The minimum atomic E-state index is -3.03. The van der Waals surface area contributed by atoms with Crippen LogP contribution in [0.3, 0.4) is 0 Å². The number of benzene rings is 3. The molecule has 4 N–H and O–H groups in total. The van der Waals surface area contributed by atoms with Crippen molar-refractivity contribution in [1.29, 1.82) is 0 Å². The van der Waals surface area contributed by atoms with Crippen LogP contribution < -0.4 is 20.6 Å². The number of para-hydroxylation sites is 1. The summed E-state index contributed by atoms with van der Waals surface area (Å²) in [4.78, 5) is 12.8. The van der Waals surface area contributed by atoms with Gasteiger partial charge in [-0.3, -0.25) is 4.79 Å². The number of nitrogens with two attached hydrogens (primary N) is 1. The Morgan fingerprint density at radius 3 is 2.47 bits per heavy atom. The van der Waals surface area contributed by atoms with Crippen LogP contribution in [-0.4, -0.2) is 33.6 Å². The number of anilines is 1. The van der Waals surface area contributed by atoms with Gasteiger partial charge in [0.15, 0.2) is 11.5 Å². The van der Waals surface area contributed by atoms with Crippen molar-refractivity contribution in [3.63, 3.8) is 0 Å². The summed E-state index contributed by atoms with van der Waals surface area (Å²) in [5, 5.41) is 18.7. The summed E-state index contributed by atoms with van der Waals surface area (Å²) in [6.45, 7) is -1.35. The van der Waals surface area contributed by atoms with Gasteiger partial charge in [-0.1, -0.05) is 48.5 Å². The van der Waals surface area contributed by atoms with E-state index in [0.29, 0.717) is 22.6 Å². The number of rotatable bonds is 10. The third-order valence-electron chi connectivity index (χ3n) is 5.46. The summed E-state index contributed by atoms with van der Waals surface area (Å²) in [7, 11) is 0. The third-order valence-corrected chi connectivity index (χ3v) is 5.46. The van der Waals surface area contributed by atoms with E-state index < -0.39 is 18.6 Å².